The Morgan fingerprint density at radius 1 is 1.12 bits per heavy atom. The molecule has 88 valence electrons. The van der Waals surface area contributed by atoms with Gasteiger partial charge in [0.15, 0.2) is 0 Å². The number of rotatable bonds is 1. The van der Waals surface area contributed by atoms with Gasteiger partial charge < -0.3 is 4.90 Å². The van der Waals surface area contributed by atoms with Crippen LogP contribution in [0, 0.1) is 0 Å². The Bertz CT molecular complexity index is 373. The maximum atomic E-state index is 6.37. The second-order valence-electron chi connectivity index (χ2n) is 5.58. The fraction of sp³-hybridized carbons (Fsp3) is 0.571. The van der Waals surface area contributed by atoms with Crippen LogP contribution in [0.5, 0.6) is 0 Å². The van der Waals surface area contributed by atoms with E-state index in [1.165, 1.54) is 37.2 Å². The predicted octanol–water partition coefficient (Wildman–Crippen LogP) is 4.24. The average molecular weight is 238 g/mol. The highest BCUT2D eigenvalue weighted by Gasteiger charge is 2.25. The first-order valence-electron chi connectivity index (χ1n) is 6.04. The Hall–Kier alpha value is -0.690. The summed E-state index contributed by atoms with van der Waals surface area (Å²) in [6.07, 6.45) is 2.60. The van der Waals surface area contributed by atoms with Crippen molar-refractivity contribution in [1.29, 1.82) is 0 Å². The van der Waals surface area contributed by atoms with Crippen LogP contribution in [0.1, 0.15) is 39.2 Å². The Labute approximate surface area is 103 Å². The van der Waals surface area contributed by atoms with E-state index in [2.05, 4.69) is 37.8 Å². The highest BCUT2D eigenvalue weighted by Crippen LogP contribution is 2.38. The van der Waals surface area contributed by atoms with E-state index in [9.17, 15) is 0 Å². The zero-order chi connectivity index (χ0) is 11.8. The molecule has 16 heavy (non-hydrogen) atoms. The van der Waals surface area contributed by atoms with Gasteiger partial charge in [-0.05, 0) is 36.0 Å². The van der Waals surface area contributed by atoms with Crippen LogP contribution in [0.25, 0.3) is 0 Å². The lowest BCUT2D eigenvalue weighted by molar-refractivity contribution is 0.589. The molecule has 1 aromatic carbocycles. The van der Waals surface area contributed by atoms with E-state index in [-0.39, 0.29) is 5.41 Å². The third-order valence-electron chi connectivity index (χ3n) is 3.19. The number of benzene rings is 1. The second kappa shape index (κ2) is 4.29. The molecule has 0 unspecified atom stereocenters. The Kier molecular flexibility index (Phi) is 3.16. The van der Waals surface area contributed by atoms with E-state index in [0.717, 1.165) is 5.02 Å². The lowest BCUT2D eigenvalue weighted by Gasteiger charge is -2.29. The summed E-state index contributed by atoms with van der Waals surface area (Å²) in [4.78, 5) is 2.46. The maximum Gasteiger partial charge on any atom is 0.0464 e. The van der Waals surface area contributed by atoms with Crippen molar-refractivity contribution in [3.8, 4) is 0 Å². The Balaban J connectivity index is 2.47. The van der Waals surface area contributed by atoms with Gasteiger partial charge in [-0.25, -0.2) is 0 Å². The summed E-state index contributed by atoms with van der Waals surface area (Å²) in [6.45, 7) is 9.03. The third kappa shape index (κ3) is 2.20. The van der Waals surface area contributed by atoms with Gasteiger partial charge in [0, 0.05) is 23.8 Å². The van der Waals surface area contributed by atoms with Crippen LogP contribution in [0.4, 0.5) is 5.69 Å². The van der Waals surface area contributed by atoms with Crippen LogP contribution >= 0.6 is 11.6 Å². The smallest absolute Gasteiger partial charge is 0.0464 e. The standard InChI is InChI=1S/C14H20ClN/c1-14(2,3)13-11(15)7-6-8-12(13)16-9-4-5-10-16/h6-8H,4-5,9-10H2,1-3H3. The predicted molar refractivity (Wildman–Crippen MR) is 71.6 cm³/mol. The molecule has 0 amide bonds. The highest BCUT2D eigenvalue weighted by molar-refractivity contribution is 6.31. The monoisotopic (exact) mass is 237 g/mol. The summed E-state index contributed by atoms with van der Waals surface area (Å²) in [7, 11) is 0. The molecule has 0 N–H and O–H groups in total. The van der Waals surface area contributed by atoms with Crippen molar-refractivity contribution in [2.45, 2.75) is 39.0 Å². The van der Waals surface area contributed by atoms with Crippen LogP contribution in [0.3, 0.4) is 0 Å². The van der Waals surface area contributed by atoms with Crippen LogP contribution in [0.15, 0.2) is 18.2 Å². The molecule has 1 aliphatic rings. The molecular formula is C14H20ClN. The van der Waals surface area contributed by atoms with Crippen molar-refractivity contribution in [3.05, 3.63) is 28.8 Å². The second-order valence-corrected chi connectivity index (χ2v) is 5.99. The number of halogens is 1. The summed E-state index contributed by atoms with van der Waals surface area (Å²) in [5, 5.41) is 0.900. The summed E-state index contributed by atoms with van der Waals surface area (Å²) in [5.74, 6) is 0. The highest BCUT2D eigenvalue weighted by atomic mass is 35.5. The van der Waals surface area contributed by atoms with E-state index in [1.807, 2.05) is 6.07 Å². The topological polar surface area (TPSA) is 3.24 Å². The Morgan fingerprint density at radius 2 is 1.75 bits per heavy atom. The Morgan fingerprint density at radius 3 is 2.31 bits per heavy atom. The van der Waals surface area contributed by atoms with Gasteiger partial charge in [0.05, 0.1) is 0 Å². The zero-order valence-electron chi connectivity index (χ0n) is 10.4. The number of hydrogen-bond acceptors (Lipinski definition) is 1. The lowest BCUT2D eigenvalue weighted by atomic mass is 9.85. The van der Waals surface area contributed by atoms with Gasteiger partial charge >= 0.3 is 0 Å². The first kappa shape index (κ1) is 11.8. The van der Waals surface area contributed by atoms with Gasteiger partial charge in [0.25, 0.3) is 0 Å². The van der Waals surface area contributed by atoms with E-state index < -0.39 is 0 Å². The fourth-order valence-electron chi connectivity index (χ4n) is 2.48. The van der Waals surface area contributed by atoms with Crippen LogP contribution in [0.2, 0.25) is 5.02 Å². The van der Waals surface area contributed by atoms with Gasteiger partial charge in [-0.2, -0.15) is 0 Å². The average Bonchev–Trinajstić information content (AvgIpc) is 2.67. The van der Waals surface area contributed by atoms with E-state index in [4.69, 9.17) is 11.6 Å². The van der Waals surface area contributed by atoms with Crippen molar-refractivity contribution >= 4 is 17.3 Å². The van der Waals surface area contributed by atoms with Crippen LogP contribution < -0.4 is 4.90 Å². The number of anilines is 1. The molecule has 2 heteroatoms. The third-order valence-corrected chi connectivity index (χ3v) is 3.50. The molecule has 1 aliphatic heterocycles. The minimum Gasteiger partial charge on any atom is -0.371 e. The summed E-state index contributed by atoms with van der Waals surface area (Å²) < 4.78 is 0. The van der Waals surface area contributed by atoms with Crippen molar-refractivity contribution < 1.29 is 0 Å². The first-order valence-corrected chi connectivity index (χ1v) is 6.42. The molecule has 0 atom stereocenters. The minimum absolute atomic E-state index is 0.107. The molecule has 1 heterocycles. The van der Waals surface area contributed by atoms with Crippen LogP contribution in [-0.4, -0.2) is 13.1 Å². The fourth-order valence-corrected chi connectivity index (χ4v) is 2.93. The van der Waals surface area contributed by atoms with Gasteiger partial charge in [0.2, 0.25) is 0 Å². The van der Waals surface area contributed by atoms with Crippen molar-refractivity contribution in [3.63, 3.8) is 0 Å². The normalized spacial score (nSPS) is 16.9. The largest absolute Gasteiger partial charge is 0.371 e. The van der Waals surface area contributed by atoms with Gasteiger partial charge in [-0.3, -0.25) is 0 Å². The van der Waals surface area contributed by atoms with Gasteiger partial charge in [-0.15, -0.1) is 0 Å². The summed E-state index contributed by atoms with van der Waals surface area (Å²) in [6, 6.07) is 6.27. The molecular weight excluding hydrogens is 218 g/mol. The van der Waals surface area contributed by atoms with Gasteiger partial charge in [0.1, 0.15) is 0 Å². The molecule has 1 saturated heterocycles. The number of nitrogens with zero attached hydrogens (tertiary/aromatic N) is 1. The molecule has 1 aromatic rings. The van der Waals surface area contributed by atoms with Crippen molar-refractivity contribution in [2.24, 2.45) is 0 Å². The van der Waals surface area contributed by atoms with Crippen LogP contribution in [-0.2, 0) is 5.41 Å². The minimum atomic E-state index is 0.107. The quantitative estimate of drug-likeness (QED) is 0.706. The molecule has 0 radical (unpaired) electrons. The molecule has 0 aromatic heterocycles. The molecule has 0 saturated carbocycles. The zero-order valence-corrected chi connectivity index (χ0v) is 11.1. The molecule has 1 nitrogen and oxygen atoms in total. The van der Waals surface area contributed by atoms with E-state index in [0.29, 0.717) is 0 Å². The van der Waals surface area contributed by atoms with E-state index in [1.54, 1.807) is 0 Å². The SMILES string of the molecule is CC(C)(C)c1c(Cl)cccc1N1CCCC1. The molecule has 2 rings (SSSR count). The molecule has 0 bridgehead atoms. The summed E-state index contributed by atoms with van der Waals surface area (Å²) in [5.41, 5.74) is 2.73. The maximum absolute atomic E-state index is 6.37. The van der Waals surface area contributed by atoms with E-state index >= 15 is 0 Å². The lowest BCUT2D eigenvalue weighted by Crippen LogP contribution is -2.23. The molecule has 0 aliphatic carbocycles. The molecule has 0 spiro atoms. The van der Waals surface area contributed by atoms with Crippen molar-refractivity contribution in [1.82, 2.24) is 0 Å². The number of hydrogen-bond donors (Lipinski definition) is 0. The van der Waals surface area contributed by atoms with Crippen molar-refractivity contribution in [2.75, 3.05) is 18.0 Å². The molecule has 1 fully saturated rings. The summed E-state index contributed by atoms with van der Waals surface area (Å²) >= 11 is 6.37. The first-order chi connectivity index (χ1) is 7.50. The van der Waals surface area contributed by atoms with Gasteiger partial charge in [-0.1, -0.05) is 38.4 Å².